The average molecular weight is 227 g/mol. The van der Waals surface area contributed by atoms with E-state index in [2.05, 4.69) is 4.98 Å². The van der Waals surface area contributed by atoms with Crippen LogP contribution in [0.5, 0.6) is 0 Å². The molecule has 1 aliphatic heterocycles. The molecule has 1 aromatic rings. The third-order valence-electron chi connectivity index (χ3n) is 2.57. The SMILES string of the molecule is Nc1cc(=O)ncn1[C@H]1CC(O)[C@@H](CO)O1. The first-order valence-corrected chi connectivity index (χ1v) is 4.90. The van der Waals surface area contributed by atoms with Gasteiger partial charge in [0, 0.05) is 12.5 Å². The summed E-state index contributed by atoms with van der Waals surface area (Å²) in [7, 11) is 0. The van der Waals surface area contributed by atoms with E-state index in [1.165, 1.54) is 17.0 Å². The number of rotatable bonds is 2. The van der Waals surface area contributed by atoms with Gasteiger partial charge in [-0.1, -0.05) is 0 Å². The first kappa shape index (κ1) is 11.1. The Bertz CT molecular complexity index is 433. The molecule has 7 nitrogen and oxygen atoms in total. The largest absolute Gasteiger partial charge is 0.394 e. The van der Waals surface area contributed by atoms with Crippen molar-refractivity contribution in [3.05, 3.63) is 22.7 Å². The molecule has 1 fully saturated rings. The van der Waals surface area contributed by atoms with Crippen molar-refractivity contribution in [2.24, 2.45) is 0 Å². The van der Waals surface area contributed by atoms with Crippen LogP contribution in [0.1, 0.15) is 12.6 Å². The fourth-order valence-corrected chi connectivity index (χ4v) is 1.71. The molecule has 7 heteroatoms. The summed E-state index contributed by atoms with van der Waals surface area (Å²) in [6.07, 6.45) is -0.285. The van der Waals surface area contributed by atoms with Crippen LogP contribution >= 0.6 is 0 Å². The van der Waals surface area contributed by atoms with Gasteiger partial charge in [-0.25, -0.2) is 0 Å². The highest BCUT2D eigenvalue weighted by Gasteiger charge is 2.34. The smallest absolute Gasteiger partial charge is 0.274 e. The van der Waals surface area contributed by atoms with Crippen molar-refractivity contribution in [2.45, 2.75) is 24.9 Å². The van der Waals surface area contributed by atoms with Gasteiger partial charge in [-0.05, 0) is 0 Å². The predicted octanol–water partition coefficient (Wildman–Crippen LogP) is -1.53. The van der Waals surface area contributed by atoms with Crippen LogP contribution in [0.3, 0.4) is 0 Å². The Morgan fingerprint density at radius 1 is 1.69 bits per heavy atom. The maximum Gasteiger partial charge on any atom is 0.274 e. The molecule has 4 N–H and O–H groups in total. The summed E-state index contributed by atoms with van der Waals surface area (Å²) in [5.74, 6) is 0.218. The molecule has 0 saturated carbocycles. The average Bonchev–Trinajstić information content (AvgIpc) is 2.59. The summed E-state index contributed by atoms with van der Waals surface area (Å²) in [5.41, 5.74) is 5.21. The number of ether oxygens (including phenoxy) is 1. The van der Waals surface area contributed by atoms with Crippen molar-refractivity contribution >= 4 is 5.82 Å². The summed E-state index contributed by atoms with van der Waals surface area (Å²) >= 11 is 0. The van der Waals surface area contributed by atoms with Crippen molar-refractivity contribution in [1.82, 2.24) is 9.55 Å². The first-order valence-electron chi connectivity index (χ1n) is 4.90. The Balaban J connectivity index is 2.23. The van der Waals surface area contributed by atoms with Crippen LogP contribution in [-0.2, 0) is 4.74 Å². The van der Waals surface area contributed by atoms with Crippen LogP contribution in [0.25, 0.3) is 0 Å². The van der Waals surface area contributed by atoms with Gasteiger partial charge in [0.15, 0.2) is 0 Å². The zero-order valence-corrected chi connectivity index (χ0v) is 8.48. The lowest BCUT2D eigenvalue weighted by molar-refractivity contribution is -0.0441. The number of hydrogen-bond donors (Lipinski definition) is 3. The van der Waals surface area contributed by atoms with Gasteiger partial charge in [-0.15, -0.1) is 0 Å². The van der Waals surface area contributed by atoms with Gasteiger partial charge < -0.3 is 20.7 Å². The van der Waals surface area contributed by atoms with Crippen LogP contribution in [0.4, 0.5) is 5.82 Å². The lowest BCUT2D eigenvalue weighted by Crippen LogP contribution is -2.24. The van der Waals surface area contributed by atoms with Crippen molar-refractivity contribution in [1.29, 1.82) is 0 Å². The van der Waals surface area contributed by atoms with Gasteiger partial charge in [0.05, 0.1) is 12.7 Å². The van der Waals surface area contributed by atoms with Crippen molar-refractivity contribution in [3.63, 3.8) is 0 Å². The van der Waals surface area contributed by atoms with Gasteiger partial charge in [0.2, 0.25) is 0 Å². The number of aliphatic hydroxyl groups excluding tert-OH is 2. The van der Waals surface area contributed by atoms with Crippen molar-refractivity contribution in [2.75, 3.05) is 12.3 Å². The van der Waals surface area contributed by atoms with Gasteiger partial charge in [0.25, 0.3) is 5.56 Å². The third-order valence-corrected chi connectivity index (χ3v) is 2.57. The molecular formula is C9H13N3O4. The minimum atomic E-state index is -0.742. The fraction of sp³-hybridized carbons (Fsp3) is 0.556. The highest BCUT2D eigenvalue weighted by Crippen LogP contribution is 2.29. The molecule has 16 heavy (non-hydrogen) atoms. The topological polar surface area (TPSA) is 111 Å². The number of nitrogens with zero attached hydrogens (tertiary/aromatic N) is 2. The molecule has 0 bridgehead atoms. The normalized spacial score (nSPS) is 29.5. The van der Waals surface area contributed by atoms with Gasteiger partial charge in [-0.2, -0.15) is 4.98 Å². The highest BCUT2D eigenvalue weighted by atomic mass is 16.5. The number of anilines is 1. The Morgan fingerprint density at radius 2 is 2.44 bits per heavy atom. The molecule has 0 radical (unpaired) electrons. The lowest BCUT2D eigenvalue weighted by atomic mass is 10.2. The van der Waals surface area contributed by atoms with Crippen LogP contribution < -0.4 is 11.3 Å². The Hall–Kier alpha value is -1.44. The van der Waals surface area contributed by atoms with E-state index in [1.807, 2.05) is 0 Å². The number of aromatic nitrogens is 2. The van der Waals surface area contributed by atoms with Crippen LogP contribution in [0.2, 0.25) is 0 Å². The molecule has 0 aromatic carbocycles. The molecule has 0 amide bonds. The fourth-order valence-electron chi connectivity index (χ4n) is 1.71. The van der Waals surface area contributed by atoms with E-state index in [4.69, 9.17) is 15.6 Å². The molecule has 2 rings (SSSR count). The molecule has 3 atom stereocenters. The summed E-state index contributed by atoms with van der Waals surface area (Å²) < 4.78 is 6.83. The summed E-state index contributed by atoms with van der Waals surface area (Å²) in [4.78, 5) is 14.5. The first-order chi connectivity index (χ1) is 7.61. The van der Waals surface area contributed by atoms with E-state index in [9.17, 15) is 9.90 Å². The molecule has 88 valence electrons. The number of aliphatic hydroxyl groups is 2. The number of nitrogens with two attached hydrogens (primary N) is 1. The maximum absolute atomic E-state index is 10.9. The zero-order chi connectivity index (χ0) is 11.7. The Labute approximate surface area is 91.1 Å². The van der Waals surface area contributed by atoms with E-state index in [0.29, 0.717) is 6.42 Å². The van der Waals surface area contributed by atoms with Crippen LogP contribution in [0, 0.1) is 0 Å². The van der Waals surface area contributed by atoms with Gasteiger partial charge in [-0.3, -0.25) is 9.36 Å². The van der Waals surface area contributed by atoms with E-state index >= 15 is 0 Å². The molecule has 1 aromatic heterocycles. The van der Waals surface area contributed by atoms with E-state index in [0.717, 1.165) is 0 Å². The van der Waals surface area contributed by atoms with Crippen LogP contribution in [0.15, 0.2) is 17.2 Å². The van der Waals surface area contributed by atoms with Crippen molar-refractivity contribution < 1.29 is 14.9 Å². The number of nitrogen functional groups attached to an aromatic ring is 1. The number of hydrogen-bond acceptors (Lipinski definition) is 6. The molecule has 2 heterocycles. The molecule has 1 saturated heterocycles. The predicted molar refractivity (Wildman–Crippen MR) is 54.5 cm³/mol. The maximum atomic E-state index is 10.9. The summed E-state index contributed by atoms with van der Waals surface area (Å²) in [6.45, 7) is -0.259. The van der Waals surface area contributed by atoms with Gasteiger partial charge in [0.1, 0.15) is 24.5 Å². The second kappa shape index (κ2) is 4.20. The van der Waals surface area contributed by atoms with Gasteiger partial charge >= 0.3 is 0 Å². The molecule has 0 spiro atoms. The van der Waals surface area contributed by atoms with E-state index in [1.54, 1.807) is 0 Å². The Kier molecular flexibility index (Phi) is 2.90. The Morgan fingerprint density at radius 3 is 3.00 bits per heavy atom. The second-order valence-electron chi connectivity index (χ2n) is 3.67. The molecular weight excluding hydrogens is 214 g/mol. The monoisotopic (exact) mass is 227 g/mol. The van der Waals surface area contributed by atoms with Crippen molar-refractivity contribution in [3.8, 4) is 0 Å². The standard InChI is InChI=1S/C9H13N3O4/c10-7-2-8(15)11-4-12(7)9-1-5(14)6(3-13)16-9/h2,4-6,9,13-14H,1,3,10H2/t5?,6-,9-/m1/s1. The third kappa shape index (κ3) is 1.92. The second-order valence-corrected chi connectivity index (χ2v) is 3.67. The summed E-state index contributed by atoms with van der Waals surface area (Å²) in [5, 5.41) is 18.5. The minimum Gasteiger partial charge on any atom is -0.394 e. The van der Waals surface area contributed by atoms with E-state index < -0.39 is 24.0 Å². The van der Waals surface area contributed by atoms with Crippen LogP contribution in [-0.4, -0.2) is 38.6 Å². The lowest BCUT2D eigenvalue weighted by Gasteiger charge is -2.16. The zero-order valence-electron chi connectivity index (χ0n) is 8.48. The molecule has 0 aliphatic carbocycles. The quantitative estimate of drug-likeness (QED) is 0.565. The minimum absolute atomic E-state index is 0.218. The van der Waals surface area contributed by atoms with E-state index in [-0.39, 0.29) is 12.4 Å². The highest BCUT2D eigenvalue weighted by molar-refractivity contribution is 5.26. The molecule has 1 unspecified atom stereocenters. The summed E-state index contributed by atoms with van der Waals surface area (Å²) in [6, 6.07) is 1.18. The molecule has 1 aliphatic rings.